The van der Waals surface area contributed by atoms with Crippen LogP contribution in [0.2, 0.25) is 0 Å². The molecule has 54 heavy (non-hydrogen) atoms. The second kappa shape index (κ2) is 18.4. The predicted molar refractivity (Wildman–Crippen MR) is 213 cm³/mol. The number of hydrazine groups is 1. The summed E-state index contributed by atoms with van der Waals surface area (Å²) in [6.07, 6.45) is 7.51. The van der Waals surface area contributed by atoms with E-state index in [2.05, 4.69) is 131 Å². The van der Waals surface area contributed by atoms with E-state index in [0.717, 1.165) is 68.1 Å². The number of amides is 3. The Morgan fingerprint density at radius 3 is 2.06 bits per heavy atom. The lowest BCUT2D eigenvalue weighted by molar-refractivity contribution is -0.978. The number of benzene rings is 3. The van der Waals surface area contributed by atoms with Crippen molar-refractivity contribution in [1.82, 2.24) is 15.8 Å². The van der Waals surface area contributed by atoms with Gasteiger partial charge in [-0.1, -0.05) is 144 Å². The lowest BCUT2D eigenvalue weighted by Crippen LogP contribution is -2.73. The Kier molecular flexibility index (Phi) is 14.0. The number of carbonyl (C=O) groups excluding carboxylic acids is 3. The number of carbonyl (C=O) groups is 3. The van der Waals surface area contributed by atoms with E-state index < -0.39 is 28.9 Å². The summed E-state index contributed by atoms with van der Waals surface area (Å²) in [6.45, 7) is 10.8. The number of unbranched alkanes of at least 4 members (excludes halogenated alkanes) is 3. The number of likely N-dealkylation sites (N-methyl/N-ethyl adjacent to an activating group) is 1. The molecule has 2 aliphatic rings. The highest BCUT2D eigenvalue weighted by Gasteiger charge is 2.72. The second-order valence-electron chi connectivity index (χ2n) is 15.9. The van der Waals surface area contributed by atoms with Gasteiger partial charge in [0.15, 0.2) is 5.60 Å². The number of nitrogens with one attached hydrogen (secondary N) is 2. The van der Waals surface area contributed by atoms with Gasteiger partial charge in [0.1, 0.15) is 17.8 Å². The Labute approximate surface area is 323 Å². The minimum absolute atomic E-state index is 0.0101. The third-order valence-corrected chi connectivity index (χ3v) is 12.1. The number of hydrogen-bond donors (Lipinski definition) is 2. The molecule has 4 unspecified atom stereocenters. The van der Waals surface area contributed by atoms with Crippen molar-refractivity contribution in [3.8, 4) is 0 Å². The highest BCUT2D eigenvalue weighted by Crippen LogP contribution is 2.59. The summed E-state index contributed by atoms with van der Waals surface area (Å²) in [5, 5.41) is 0. The molecule has 0 aliphatic carbocycles. The molecule has 0 aromatic heterocycles. The van der Waals surface area contributed by atoms with Crippen LogP contribution in [-0.2, 0) is 32.0 Å². The van der Waals surface area contributed by atoms with Gasteiger partial charge in [0.05, 0.1) is 26.1 Å². The van der Waals surface area contributed by atoms with Crippen molar-refractivity contribution in [3.63, 3.8) is 0 Å². The number of ether oxygens (including phenoxy) is 2. The molecule has 2 N–H and O–H groups in total. The second-order valence-corrected chi connectivity index (χ2v) is 15.9. The Bertz CT molecular complexity index is 1650. The van der Waals surface area contributed by atoms with E-state index in [1.165, 1.54) is 11.1 Å². The van der Waals surface area contributed by atoms with Crippen molar-refractivity contribution in [2.75, 3.05) is 26.7 Å². The third kappa shape index (κ3) is 8.84. The molecule has 2 fully saturated rings. The van der Waals surface area contributed by atoms with Gasteiger partial charge < -0.3 is 18.9 Å². The first-order valence-corrected chi connectivity index (χ1v) is 20.3. The molecule has 2 aliphatic heterocycles. The normalized spacial score (nSPS) is 24.7. The van der Waals surface area contributed by atoms with Crippen LogP contribution < -0.4 is 10.9 Å². The summed E-state index contributed by atoms with van der Waals surface area (Å²) in [5.41, 5.74) is 5.94. The molecular formula is C45H63N4O5+. The van der Waals surface area contributed by atoms with Gasteiger partial charge in [0.25, 0.3) is 5.91 Å². The van der Waals surface area contributed by atoms with Crippen LogP contribution in [0.1, 0.15) is 115 Å². The highest BCUT2D eigenvalue weighted by atomic mass is 16.6. The van der Waals surface area contributed by atoms with Gasteiger partial charge in [-0.05, 0) is 37.3 Å². The summed E-state index contributed by atoms with van der Waals surface area (Å²) < 4.78 is 13.5. The molecule has 2 heterocycles. The fraction of sp³-hybridized carbons (Fsp3) is 0.533. The topological polar surface area (TPSA) is 97.0 Å². The smallest absolute Gasteiger partial charge is 0.426 e. The van der Waals surface area contributed by atoms with E-state index >= 15 is 4.79 Å². The lowest BCUT2D eigenvalue weighted by atomic mass is 9.61. The van der Waals surface area contributed by atoms with Crippen molar-refractivity contribution in [2.24, 2.45) is 0 Å². The number of likely N-dealkylation sites (tertiary alicyclic amines) is 1. The third-order valence-electron chi connectivity index (χ3n) is 12.1. The molecular weight excluding hydrogens is 677 g/mol. The van der Waals surface area contributed by atoms with Gasteiger partial charge in [0, 0.05) is 31.4 Å². The van der Waals surface area contributed by atoms with E-state index in [1.54, 1.807) is 0 Å². The van der Waals surface area contributed by atoms with Crippen LogP contribution in [0.3, 0.4) is 0 Å². The molecule has 5 rings (SSSR count). The molecule has 1 spiro atoms. The van der Waals surface area contributed by atoms with Crippen molar-refractivity contribution in [1.29, 1.82) is 0 Å². The summed E-state index contributed by atoms with van der Waals surface area (Å²) in [5.74, 6) is -0.740. The van der Waals surface area contributed by atoms with Crippen molar-refractivity contribution >= 4 is 17.9 Å². The standard InChI is InChI=1S/C45H62N4O5/c1-6-9-10-20-33-53-42(52)47-46-39(50)27-31-48-41(51)45(54-44(48,28-7-2)29-8-3)30-32-49(5,35-37-23-16-12-17-24-37)43(4,34-36-21-14-11-15-22-36)40(45)38-25-18-13-19-26-38/h11-19,21-26,40H,6-10,20,27-35H2,1-5H3,(H-,46,47,50,52)/p+1. The predicted octanol–water partition coefficient (Wildman–Crippen LogP) is 8.44. The molecule has 0 bridgehead atoms. The Balaban J connectivity index is 1.51. The van der Waals surface area contributed by atoms with E-state index in [9.17, 15) is 9.59 Å². The minimum Gasteiger partial charge on any atom is -0.448 e. The Morgan fingerprint density at radius 2 is 1.44 bits per heavy atom. The fourth-order valence-electron chi connectivity index (χ4n) is 9.35. The Hall–Kier alpha value is -4.21. The molecule has 9 heteroatoms. The number of nitrogens with zero attached hydrogens (tertiary/aromatic N) is 2. The van der Waals surface area contributed by atoms with Crippen LogP contribution in [0.5, 0.6) is 0 Å². The molecule has 3 aromatic carbocycles. The fourth-order valence-corrected chi connectivity index (χ4v) is 9.35. The molecule has 292 valence electrons. The number of hydrogen-bond acceptors (Lipinski definition) is 5. The van der Waals surface area contributed by atoms with Gasteiger partial charge >= 0.3 is 6.09 Å². The van der Waals surface area contributed by atoms with Crippen molar-refractivity contribution < 1.29 is 28.3 Å². The molecule has 3 amide bonds. The monoisotopic (exact) mass is 739 g/mol. The SMILES string of the molecule is CCCCCCOC(=O)NNC(=O)CCN1C(=O)C2(CC[N+](C)(Cc3ccccc3)C(C)(Cc3ccccc3)C2c2ccccc2)OC1(CCC)CCC. The molecule has 3 aromatic rings. The van der Waals surface area contributed by atoms with Crippen LogP contribution in [0.15, 0.2) is 91.0 Å². The Morgan fingerprint density at radius 1 is 0.833 bits per heavy atom. The quantitative estimate of drug-likeness (QED) is 0.0823. The van der Waals surface area contributed by atoms with Crippen LogP contribution >= 0.6 is 0 Å². The van der Waals surface area contributed by atoms with Crippen molar-refractivity contribution in [2.45, 2.75) is 128 Å². The summed E-state index contributed by atoms with van der Waals surface area (Å²) >= 11 is 0. The van der Waals surface area contributed by atoms with Gasteiger partial charge in [-0.25, -0.2) is 10.2 Å². The van der Waals surface area contributed by atoms with Gasteiger partial charge in [-0.15, -0.1) is 0 Å². The zero-order valence-corrected chi connectivity index (χ0v) is 33.3. The van der Waals surface area contributed by atoms with Crippen LogP contribution in [0, 0.1) is 0 Å². The molecule has 0 saturated carbocycles. The molecule has 9 nitrogen and oxygen atoms in total. The molecule has 2 saturated heterocycles. The van der Waals surface area contributed by atoms with Crippen molar-refractivity contribution in [3.05, 3.63) is 108 Å². The lowest BCUT2D eigenvalue weighted by Gasteiger charge is -2.60. The van der Waals surface area contributed by atoms with E-state index in [4.69, 9.17) is 9.47 Å². The number of piperidine rings is 1. The maximum absolute atomic E-state index is 15.6. The molecule has 4 atom stereocenters. The van der Waals surface area contributed by atoms with Crippen LogP contribution in [0.4, 0.5) is 4.79 Å². The van der Waals surface area contributed by atoms with Crippen LogP contribution in [0.25, 0.3) is 0 Å². The maximum atomic E-state index is 15.6. The van der Waals surface area contributed by atoms with E-state index in [0.29, 0.717) is 25.9 Å². The van der Waals surface area contributed by atoms with Crippen LogP contribution in [-0.4, -0.2) is 70.9 Å². The summed E-state index contributed by atoms with van der Waals surface area (Å²) in [4.78, 5) is 42.9. The average Bonchev–Trinajstić information content (AvgIpc) is 3.39. The molecule has 0 radical (unpaired) electrons. The summed E-state index contributed by atoms with van der Waals surface area (Å²) in [6, 6.07) is 31.8. The number of rotatable bonds is 17. The first kappa shape index (κ1) is 41.0. The van der Waals surface area contributed by atoms with Gasteiger partial charge in [0.2, 0.25) is 5.91 Å². The maximum Gasteiger partial charge on any atom is 0.426 e. The zero-order chi connectivity index (χ0) is 38.7. The van der Waals surface area contributed by atoms with Gasteiger partial charge in [-0.2, -0.15) is 0 Å². The minimum atomic E-state index is -1.15. The average molecular weight is 740 g/mol. The first-order chi connectivity index (χ1) is 26.1. The largest absolute Gasteiger partial charge is 0.448 e. The van der Waals surface area contributed by atoms with Gasteiger partial charge in [-0.3, -0.25) is 15.0 Å². The highest BCUT2D eigenvalue weighted by molar-refractivity contribution is 5.90. The van der Waals surface area contributed by atoms with E-state index in [1.807, 2.05) is 11.0 Å². The number of quaternary nitrogens is 1. The summed E-state index contributed by atoms with van der Waals surface area (Å²) in [7, 11) is 2.36. The van der Waals surface area contributed by atoms with E-state index in [-0.39, 0.29) is 24.8 Å². The first-order valence-electron chi connectivity index (χ1n) is 20.3. The zero-order valence-electron chi connectivity index (χ0n) is 33.3.